The molecule has 1 atom stereocenters. The van der Waals surface area contributed by atoms with E-state index in [4.69, 9.17) is 4.74 Å². The van der Waals surface area contributed by atoms with Crippen LogP contribution < -0.4 is 10.2 Å². The normalized spacial score (nSPS) is 17.0. The van der Waals surface area contributed by atoms with Crippen molar-refractivity contribution >= 4 is 29.2 Å². The molecule has 24 heavy (non-hydrogen) atoms. The molecular weight excluding hydrogens is 308 g/mol. The number of carbonyl (C=O) groups excluding carboxylic acids is 3. The van der Waals surface area contributed by atoms with Gasteiger partial charge in [-0.15, -0.1) is 0 Å². The van der Waals surface area contributed by atoms with Crippen LogP contribution in [0.4, 0.5) is 11.4 Å². The number of amides is 2. The summed E-state index contributed by atoms with van der Waals surface area (Å²) >= 11 is 0. The summed E-state index contributed by atoms with van der Waals surface area (Å²) in [5, 5.41) is 2.83. The summed E-state index contributed by atoms with van der Waals surface area (Å²) in [7, 11) is 0. The van der Waals surface area contributed by atoms with E-state index in [-0.39, 0.29) is 24.2 Å². The maximum Gasteiger partial charge on any atom is 0.311 e. The summed E-state index contributed by atoms with van der Waals surface area (Å²) < 4.78 is 4.99. The Hall–Kier alpha value is -2.37. The fraction of sp³-hybridized carbons (Fsp3) is 0.500. The summed E-state index contributed by atoms with van der Waals surface area (Å²) in [4.78, 5) is 37.2. The van der Waals surface area contributed by atoms with Crippen molar-refractivity contribution in [2.24, 2.45) is 5.92 Å². The minimum absolute atomic E-state index is 0.00998. The fourth-order valence-electron chi connectivity index (χ4n) is 2.66. The molecule has 1 heterocycles. The first kappa shape index (κ1) is 18.0. The van der Waals surface area contributed by atoms with Gasteiger partial charge in [0.1, 0.15) is 0 Å². The average molecular weight is 332 g/mol. The zero-order valence-electron chi connectivity index (χ0n) is 14.2. The van der Waals surface area contributed by atoms with Crippen LogP contribution in [0.25, 0.3) is 0 Å². The largest absolute Gasteiger partial charge is 0.466 e. The number of carbonyl (C=O) groups is 3. The molecule has 1 aromatic rings. The Morgan fingerprint density at radius 2 is 1.96 bits per heavy atom. The fourth-order valence-corrected chi connectivity index (χ4v) is 2.66. The highest BCUT2D eigenvalue weighted by atomic mass is 16.5. The van der Waals surface area contributed by atoms with Gasteiger partial charge in [0.2, 0.25) is 11.8 Å². The van der Waals surface area contributed by atoms with Gasteiger partial charge in [-0.05, 0) is 37.6 Å². The lowest BCUT2D eigenvalue weighted by Gasteiger charge is -2.17. The van der Waals surface area contributed by atoms with Crippen LogP contribution in [0.5, 0.6) is 0 Å². The number of nitrogens with zero attached hydrogens (tertiary/aromatic N) is 1. The molecule has 0 aromatic heterocycles. The molecule has 2 amide bonds. The van der Waals surface area contributed by atoms with Gasteiger partial charge in [-0.3, -0.25) is 14.4 Å². The number of hydrogen-bond donors (Lipinski definition) is 1. The summed E-state index contributed by atoms with van der Waals surface area (Å²) in [6.45, 7) is 4.44. The predicted octanol–water partition coefficient (Wildman–Crippen LogP) is 2.73. The second-order valence-electron chi connectivity index (χ2n) is 5.86. The van der Waals surface area contributed by atoms with Crippen LogP contribution in [-0.2, 0) is 19.1 Å². The maximum atomic E-state index is 12.1. The Labute approximate surface area is 142 Å². The summed E-state index contributed by atoms with van der Waals surface area (Å²) in [5.74, 6) is -0.837. The number of esters is 1. The highest BCUT2D eigenvalue weighted by Gasteiger charge is 2.35. The lowest BCUT2D eigenvalue weighted by Crippen LogP contribution is -2.26. The van der Waals surface area contributed by atoms with Crippen molar-refractivity contribution in [1.82, 2.24) is 0 Å². The van der Waals surface area contributed by atoms with Crippen molar-refractivity contribution < 1.29 is 19.1 Å². The van der Waals surface area contributed by atoms with Crippen LogP contribution in [0.1, 0.15) is 39.5 Å². The molecule has 1 fully saturated rings. The van der Waals surface area contributed by atoms with Crippen LogP contribution in [-0.4, -0.2) is 30.9 Å². The molecule has 6 nitrogen and oxygen atoms in total. The monoisotopic (exact) mass is 332 g/mol. The molecule has 1 N–H and O–H groups in total. The number of rotatable bonds is 7. The van der Waals surface area contributed by atoms with Gasteiger partial charge in [-0.25, -0.2) is 0 Å². The Bertz CT molecular complexity index is 598. The van der Waals surface area contributed by atoms with Gasteiger partial charge in [0.15, 0.2) is 0 Å². The topological polar surface area (TPSA) is 75.7 Å². The van der Waals surface area contributed by atoms with Gasteiger partial charge in [0, 0.05) is 30.8 Å². The van der Waals surface area contributed by atoms with E-state index < -0.39 is 5.92 Å². The summed E-state index contributed by atoms with van der Waals surface area (Å²) in [5.41, 5.74) is 1.42. The Morgan fingerprint density at radius 3 is 2.58 bits per heavy atom. The van der Waals surface area contributed by atoms with Crippen molar-refractivity contribution in [3.63, 3.8) is 0 Å². The molecule has 0 aliphatic carbocycles. The molecule has 0 unspecified atom stereocenters. The van der Waals surface area contributed by atoms with E-state index in [1.165, 1.54) is 0 Å². The highest BCUT2D eigenvalue weighted by molar-refractivity contribution is 5.99. The number of nitrogens with one attached hydrogen (secondary N) is 1. The van der Waals surface area contributed by atoms with E-state index in [2.05, 4.69) is 5.32 Å². The van der Waals surface area contributed by atoms with Crippen molar-refractivity contribution in [3.05, 3.63) is 24.3 Å². The smallest absolute Gasteiger partial charge is 0.311 e. The lowest BCUT2D eigenvalue weighted by molar-refractivity contribution is -0.147. The molecule has 2 rings (SSSR count). The summed E-state index contributed by atoms with van der Waals surface area (Å²) in [6.07, 6.45) is 2.52. The maximum absolute atomic E-state index is 12.1. The third-order valence-electron chi connectivity index (χ3n) is 3.97. The first-order chi connectivity index (χ1) is 11.5. The quantitative estimate of drug-likeness (QED) is 0.779. The molecule has 0 bridgehead atoms. The van der Waals surface area contributed by atoms with E-state index in [0.717, 1.165) is 18.5 Å². The van der Waals surface area contributed by atoms with E-state index in [1.807, 2.05) is 6.92 Å². The van der Waals surface area contributed by atoms with Gasteiger partial charge >= 0.3 is 5.97 Å². The van der Waals surface area contributed by atoms with E-state index in [1.54, 1.807) is 36.1 Å². The first-order valence-corrected chi connectivity index (χ1v) is 8.42. The van der Waals surface area contributed by atoms with E-state index in [9.17, 15) is 14.4 Å². The molecule has 0 radical (unpaired) electrons. The van der Waals surface area contributed by atoms with Crippen molar-refractivity contribution in [2.75, 3.05) is 23.4 Å². The third kappa shape index (κ3) is 4.57. The molecule has 6 heteroatoms. The van der Waals surface area contributed by atoms with Gasteiger partial charge in [0.05, 0.1) is 12.5 Å². The van der Waals surface area contributed by atoms with Crippen LogP contribution >= 0.6 is 0 Å². The molecule has 1 aliphatic heterocycles. The molecule has 1 aromatic carbocycles. The molecular formula is C18H24N2O4. The summed E-state index contributed by atoms with van der Waals surface area (Å²) in [6, 6.07) is 7.09. The number of unbranched alkanes of at least 4 members (excludes halogenated alkanes) is 1. The predicted molar refractivity (Wildman–Crippen MR) is 91.7 cm³/mol. The van der Waals surface area contributed by atoms with Gasteiger partial charge < -0.3 is 15.0 Å². The molecule has 0 saturated carbocycles. The highest BCUT2D eigenvalue weighted by Crippen LogP contribution is 2.27. The van der Waals surface area contributed by atoms with Gasteiger partial charge in [0.25, 0.3) is 0 Å². The Morgan fingerprint density at radius 1 is 1.25 bits per heavy atom. The second-order valence-corrected chi connectivity index (χ2v) is 5.86. The number of hydrogen-bond acceptors (Lipinski definition) is 4. The SMILES string of the molecule is CCCCC(=O)Nc1ccc(N2C[C@H](C(=O)OCC)CC2=O)cc1. The van der Waals surface area contributed by atoms with Crippen LogP contribution in [0.15, 0.2) is 24.3 Å². The molecule has 130 valence electrons. The van der Waals surface area contributed by atoms with Crippen molar-refractivity contribution in [3.8, 4) is 0 Å². The van der Waals surface area contributed by atoms with Crippen molar-refractivity contribution in [1.29, 1.82) is 0 Å². The Balaban J connectivity index is 1.96. The number of benzene rings is 1. The zero-order valence-corrected chi connectivity index (χ0v) is 14.2. The minimum atomic E-state index is -0.411. The average Bonchev–Trinajstić information content (AvgIpc) is 2.96. The first-order valence-electron chi connectivity index (χ1n) is 8.42. The van der Waals surface area contributed by atoms with Crippen molar-refractivity contribution in [2.45, 2.75) is 39.5 Å². The second kappa shape index (κ2) is 8.47. The molecule has 1 saturated heterocycles. The Kier molecular flexibility index (Phi) is 6.35. The van der Waals surface area contributed by atoms with E-state index in [0.29, 0.717) is 25.3 Å². The minimum Gasteiger partial charge on any atom is -0.466 e. The number of anilines is 2. The standard InChI is InChI=1S/C18H24N2O4/c1-3-5-6-16(21)19-14-7-9-15(10-8-14)20-12-13(11-17(20)22)18(23)24-4-2/h7-10,13H,3-6,11-12H2,1-2H3,(H,19,21)/t13-/m1/s1. The van der Waals surface area contributed by atoms with E-state index >= 15 is 0 Å². The molecule has 0 spiro atoms. The van der Waals surface area contributed by atoms with Crippen LogP contribution in [0, 0.1) is 5.92 Å². The van der Waals surface area contributed by atoms with Gasteiger partial charge in [-0.1, -0.05) is 13.3 Å². The van der Waals surface area contributed by atoms with Gasteiger partial charge in [-0.2, -0.15) is 0 Å². The number of ether oxygens (including phenoxy) is 1. The molecule has 1 aliphatic rings. The lowest BCUT2D eigenvalue weighted by atomic mass is 10.1. The third-order valence-corrected chi connectivity index (χ3v) is 3.97. The van der Waals surface area contributed by atoms with Crippen LogP contribution in [0.2, 0.25) is 0 Å². The zero-order chi connectivity index (χ0) is 17.5. The van der Waals surface area contributed by atoms with Crippen LogP contribution in [0.3, 0.4) is 0 Å².